The number of anilines is 2. The Morgan fingerprint density at radius 3 is 2.32 bits per heavy atom. The molecule has 6 heteroatoms. The minimum absolute atomic E-state index is 0.141. The average Bonchev–Trinajstić information content (AvgIpc) is 2.38. The van der Waals surface area contributed by atoms with Crippen molar-refractivity contribution in [2.24, 2.45) is 0 Å². The number of ether oxygens (including phenoxy) is 3. The molecule has 2 N–H and O–H groups in total. The second-order valence-electron chi connectivity index (χ2n) is 4.08. The van der Waals surface area contributed by atoms with Crippen molar-refractivity contribution in [2.75, 3.05) is 32.0 Å². The van der Waals surface area contributed by atoms with Gasteiger partial charge < -0.3 is 24.8 Å². The molecular formula is C13H20N2O4. The first-order valence-corrected chi connectivity index (χ1v) is 5.78. The third kappa shape index (κ3) is 4.11. The predicted octanol–water partition coefficient (Wildman–Crippen LogP) is 2.03. The van der Waals surface area contributed by atoms with E-state index in [1.807, 2.05) is 0 Å². The van der Waals surface area contributed by atoms with Gasteiger partial charge in [0, 0.05) is 33.8 Å². The van der Waals surface area contributed by atoms with E-state index in [1.165, 1.54) is 21.1 Å². The molecule has 0 atom stereocenters. The maximum atomic E-state index is 11.1. The van der Waals surface area contributed by atoms with Crippen molar-refractivity contribution in [3.05, 3.63) is 18.2 Å². The summed E-state index contributed by atoms with van der Waals surface area (Å²) in [6.07, 6.45) is 0. The van der Waals surface area contributed by atoms with Crippen LogP contribution in [0.4, 0.5) is 11.4 Å². The van der Waals surface area contributed by atoms with Gasteiger partial charge in [0.05, 0.1) is 12.8 Å². The van der Waals surface area contributed by atoms with Crippen LogP contribution in [0.25, 0.3) is 0 Å². The number of carbonyl (C=O) groups excluding carboxylic acids is 1. The fourth-order valence-corrected chi connectivity index (χ4v) is 1.52. The van der Waals surface area contributed by atoms with Gasteiger partial charge in [-0.1, -0.05) is 0 Å². The highest BCUT2D eigenvalue weighted by Gasteiger charge is 2.24. The van der Waals surface area contributed by atoms with E-state index in [0.29, 0.717) is 17.1 Å². The van der Waals surface area contributed by atoms with Gasteiger partial charge in [0.1, 0.15) is 5.75 Å². The highest BCUT2D eigenvalue weighted by molar-refractivity contribution is 5.89. The van der Waals surface area contributed by atoms with Gasteiger partial charge in [-0.15, -0.1) is 0 Å². The Bertz CT molecular complexity index is 444. The quantitative estimate of drug-likeness (QED) is 0.773. The monoisotopic (exact) mass is 268 g/mol. The van der Waals surface area contributed by atoms with E-state index in [9.17, 15) is 4.79 Å². The number of hydrogen-bond donors (Lipinski definition) is 2. The number of rotatable bonds is 6. The highest BCUT2D eigenvalue weighted by atomic mass is 16.7. The van der Waals surface area contributed by atoms with Gasteiger partial charge in [-0.3, -0.25) is 4.79 Å². The summed E-state index contributed by atoms with van der Waals surface area (Å²) in [5.41, 5.74) is 1.31. The van der Waals surface area contributed by atoms with Crippen molar-refractivity contribution >= 4 is 17.3 Å². The molecule has 0 fully saturated rings. The molecule has 0 radical (unpaired) electrons. The minimum Gasteiger partial charge on any atom is -0.495 e. The van der Waals surface area contributed by atoms with Gasteiger partial charge in [0.2, 0.25) is 11.8 Å². The van der Waals surface area contributed by atoms with Crippen LogP contribution < -0.4 is 15.4 Å². The summed E-state index contributed by atoms with van der Waals surface area (Å²) < 4.78 is 15.7. The van der Waals surface area contributed by atoms with Crippen LogP contribution in [0, 0.1) is 0 Å². The molecule has 0 aromatic heterocycles. The Labute approximate surface area is 113 Å². The van der Waals surface area contributed by atoms with Crippen molar-refractivity contribution in [1.82, 2.24) is 0 Å². The largest absolute Gasteiger partial charge is 0.495 e. The van der Waals surface area contributed by atoms with Crippen LogP contribution in [-0.4, -0.2) is 33.1 Å². The van der Waals surface area contributed by atoms with Gasteiger partial charge >= 0.3 is 0 Å². The predicted molar refractivity (Wildman–Crippen MR) is 73.3 cm³/mol. The molecule has 0 bridgehead atoms. The number of benzene rings is 1. The van der Waals surface area contributed by atoms with E-state index in [0.717, 1.165) is 0 Å². The minimum atomic E-state index is -0.984. The lowest BCUT2D eigenvalue weighted by atomic mass is 10.2. The Morgan fingerprint density at radius 2 is 1.84 bits per heavy atom. The van der Waals surface area contributed by atoms with E-state index in [4.69, 9.17) is 14.2 Å². The SMILES string of the molecule is COc1ccc(NC(C)=O)cc1NC(C)(OC)OC. The lowest BCUT2D eigenvalue weighted by molar-refractivity contribution is -0.171. The summed E-state index contributed by atoms with van der Waals surface area (Å²) >= 11 is 0. The highest BCUT2D eigenvalue weighted by Crippen LogP contribution is 2.30. The summed E-state index contributed by atoms with van der Waals surface area (Å²) in [6.45, 7) is 3.18. The Balaban J connectivity index is 3.05. The summed E-state index contributed by atoms with van der Waals surface area (Å²) in [7, 11) is 4.62. The number of hydrogen-bond acceptors (Lipinski definition) is 5. The van der Waals surface area contributed by atoms with Crippen LogP contribution in [0.2, 0.25) is 0 Å². The van der Waals surface area contributed by atoms with Crippen molar-refractivity contribution in [3.63, 3.8) is 0 Å². The maximum absolute atomic E-state index is 11.1. The molecule has 0 heterocycles. The average molecular weight is 268 g/mol. The smallest absolute Gasteiger partial charge is 0.245 e. The van der Waals surface area contributed by atoms with E-state index < -0.39 is 5.91 Å². The van der Waals surface area contributed by atoms with Crippen LogP contribution in [0.15, 0.2) is 18.2 Å². The van der Waals surface area contributed by atoms with Crippen molar-refractivity contribution in [3.8, 4) is 5.75 Å². The van der Waals surface area contributed by atoms with Crippen LogP contribution in [-0.2, 0) is 14.3 Å². The molecule has 1 aromatic carbocycles. The lowest BCUT2D eigenvalue weighted by Gasteiger charge is -2.29. The van der Waals surface area contributed by atoms with E-state index in [1.54, 1.807) is 32.2 Å². The van der Waals surface area contributed by atoms with Crippen molar-refractivity contribution in [1.29, 1.82) is 0 Å². The number of amides is 1. The molecule has 0 saturated carbocycles. The van der Waals surface area contributed by atoms with Crippen LogP contribution >= 0.6 is 0 Å². The summed E-state index contributed by atoms with van der Waals surface area (Å²) in [4.78, 5) is 11.1. The number of methoxy groups -OCH3 is 3. The standard InChI is InChI=1S/C13H20N2O4/c1-9(16)14-10-6-7-12(17-3)11(8-10)15-13(2,18-4)19-5/h6-8,15H,1-5H3,(H,14,16). The molecule has 0 aliphatic carbocycles. The zero-order chi connectivity index (χ0) is 14.5. The van der Waals surface area contributed by atoms with Gasteiger partial charge in [-0.2, -0.15) is 0 Å². The van der Waals surface area contributed by atoms with Crippen molar-refractivity contribution < 1.29 is 19.0 Å². The molecule has 0 spiro atoms. The molecule has 19 heavy (non-hydrogen) atoms. The molecule has 106 valence electrons. The molecule has 0 aliphatic heterocycles. The summed E-state index contributed by atoms with van der Waals surface area (Å²) in [6, 6.07) is 5.25. The zero-order valence-electron chi connectivity index (χ0n) is 11.9. The number of nitrogens with one attached hydrogen (secondary N) is 2. The Hall–Kier alpha value is -1.79. The Kier molecular flexibility index (Phi) is 5.14. The molecule has 1 amide bonds. The second-order valence-corrected chi connectivity index (χ2v) is 4.08. The molecule has 6 nitrogen and oxygen atoms in total. The molecule has 0 unspecified atom stereocenters. The summed E-state index contributed by atoms with van der Waals surface area (Å²) in [5, 5.41) is 5.77. The molecule has 1 aromatic rings. The lowest BCUT2D eigenvalue weighted by Crippen LogP contribution is -2.38. The second kappa shape index (κ2) is 6.40. The van der Waals surface area contributed by atoms with Crippen LogP contribution in [0.3, 0.4) is 0 Å². The Morgan fingerprint density at radius 1 is 1.21 bits per heavy atom. The molecule has 1 rings (SSSR count). The molecule has 0 saturated heterocycles. The zero-order valence-corrected chi connectivity index (χ0v) is 11.9. The van der Waals surface area contributed by atoms with Gasteiger partial charge in [0.25, 0.3) is 0 Å². The molecule has 0 aliphatic rings. The fraction of sp³-hybridized carbons (Fsp3) is 0.462. The summed E-state index contributed by atoms with van der Waals surface area (Å²) in [5.74, 6) is -0.505. The van der Waals surface area contributed by atoms with E-state index >= 15 is 0 Å². The topological polar surface area (TPSA) is 68.8 Å². The van der Waals surface area contributed by atoms with E-state index in [-0.39, 0.29) is 5.91 Å². The fourth-order valence-electron chi connectivity index (χ4n) is 1.52. The maximum Gasteiger partial charge on any atom is 0.245 e. The third-order valence-electron chi connectivity index (χ3n) is 2.66. The normalized spacial score (nSPS) is 11.0. The van der Waals surface area contributed by atoms with Gasteiger partial charge in [-0.05, 0) is 18.2 Å². The van der Waals surface area contributed by atoms with Crippen LogP contribution in [0.1, 0.15) is 13.8 Å². The first-order valence-electron chi connectivity index (χ1n) is 5.78. The molecular weight excluding hydrogens is 248 g/mol. The third-order valence-corrected chi connectivity index (χ3v) is 2.66. The van der Waals surface area contributed by atoms with Gasteiger partial charge in [0.15, 0.2) is 0 Å². The number of carbonyl (C=O) groups is 1. The van der Waals surface area contributed by atoms with Crippen molar-refractivity contribution in [2.45, 2.75) is 19.8 Å². The van der Waals surface area contributed by atoms with E-state index in [2.05, 4.69) is 10.6 Å². The van der Waals surface area contributed by atoms with Gasteiger partial charge in [-0.25, -0.2) is 0 Å². The first-order chi connectivity index (χ1) is 8.94. The first kappa shape index (κ1) is 15.3. The van der Waals surface area contributed by atoms with Crippen LogP contribution in [0.5, 0.6) is 5.75 Å².